The van der Waals surface area contributed by atoms with Crippen LogP contribution in [0.2, 0.25) is 0 Å². The first kappa shape index (κ1) is 17.3. The lowest BCUT2D eigenvalue weighted by Crippen LogP contribution is -2.28. The minimum Gasteiger partial charge on any atom is -0.506 e. The number of carbonyl (C=O) groups excluding carboxylic acids is 1. The van der Waals surface area contributed by atoms with Gasteiger partial charge in [-0.2, -0.15) is 5.26 Å². The Balaban J connectivity index is 3.49. The Bertz CT molecular complexity index is 785. The maximum Gasteiger partial charge on any atom is 0.315 e. The Morgan fingerprint density at radius 3 is 2.57 bits per heavy atom. The number of likely N-dealkylation sites (N-methyl/N-ethyl adjacent to an activating group) is 1. The molecule has 0 unspecified atom stereocenters. The first-order chi connectivity index (χ1) is 10.7. The average molecular weight is 317 g/mol. The molecule has 1 rings (SSSR count). The van der Waals surface area contributed by atoms with Crippen molar-refractivity contribution in [2.45, 2.75) is 0 Å². The molecule has 0 radical (unpaired) electrons. The molecule has 1 aromatic carbocycles. The van der Waals surface area contributed by atoms with Crippen molar-refractivity contribution in [3.05, 3.63) is 33.4 Å². The quantitative estimate of drug-likeness (QED) is 0.142. The van der Waals surface area contributed by atoms with Crippen LogP contribution in [0.3, 0.4) is 0 Å². The number of benzene rings is 1. The van der Waals surface area contributed by atoms with Gasteiger partial charge < -0.3 is 20.2 Å². The summed E-state index contributed by atoms with van der Waals surface area (Å²) in [6.07, 6.45) is 5.04. The van der Waals surface area contributed by atoms with Crippen molar-refractivity contribution in [1.29, 1.82) is 5.26 Å². The zero-order valence-corrected chi connectivity index (χ0v) is 11.8. The number of aromatic hydroxyl groups is 2. The summed E-state index contributed by atoms with van der Waals surface area (Å²) in [5.41, 5.74) is -2.00. The minimum absolute atomic E-state index is 0.127. The van der Waals surface area contributed by atoms with Crippen LogP contribution in [0.1, 0.15) is 5.56 Å². The van der Waals surface area contributed by atoms with Crippen LogP contribution in [0.25, 0.3) is 5.76 Å². The summed E-state index contributed by atoms with van der Waals surface area (Å²) in [6.45, 7) is -0.127. The number of hydrogen-bond acceptors (Lipinski definition) is 7. The second-order valence-electron chi connectivity index (χ2n) is 4.32. The van der Waals surface area contributed by atoms with Crippen LogP contribution in [-0.2, 0) is 4.79 Å². The second kappa shape index (κ2) is 6.83. The van der Waals surface area contributed by atoms with Gasteiger partial charge in [-0.1, -0.05) is 5.92 Å². The van der Waals surface area contributed by atoms with Crippen molar-refractivity contribution in [2.75, 3.05) is 13.6 Å². The van der Waals surface area contributed by atoms with Gasteiger partial charge in [-0.25, -0.2) is 0 Å². The molecule has 3 N–H and O–H groups in total. The highest BCUT2D eigenvalue weighted by molar-refractivity contribution is 6.03. The molecule has 23 heavy (non-hydrogen) atoms. The van der Waals surface area contributed by atoms with E-state index >= 15 is 0 Å². The van der Waals surface area contributed by atoms with E-state index in [4.69, 9.17) is 11.7 Å². The van der Waals surface area contributed by atoms with Gasteiger partial charge in [0.05, 0.1) is 11.5 Å². The number of amides is 1. The molecule has 0 aliphatic heterocycles. The number of phenolic OH excluding ortho intramolecular Hbond substituents is 2. The van der Waals surface area contributed by atoms with Crippen molar-refractivity contribution < 1.29 is 25.0 Å². The van der Waals surface area contributed by atoms with Gasteiger partial charge in [0.1, 0.15) is 11.8 Å². The van der Waals surface area contributed by atoms with Crippen molar-refractivity contribution >= 4 is 17.4 Å². The van der Waals surface area contributed by atoms with Gasteiger partial charge in [0.15, 0.2) is 11.3 Å². The predicted molar refractivity (Wildman–Crippen MR) is 78.1 cm³/mol. The van der Waals surface area contributed by atoms with Gasteiger partial charge in [0, 0.05) is 18.7 Å². The molecular weight excluding hydrogens is 306 g/mol. The number of phenols is 2. The van der Waals surface area contributed by atoms with Crippen LogP contribution < -0.4 is 0 Å². The topological polar surface area (TPSA) is 148 Å². The van der Waals surface area contributed by atoms with Gasteiger partial charge in [-0.3, -0.25) is 14.9 Å². The summed E-state index contributed by atoms with van der Waals surface area (Å²) in [7, 11) is 1.30. The van der Waals surface area contributed by atoms with Gasteiger partial charge in [-0.05, 0) is 6.07 Å². The van der Waals surface area contributed by atoms with Crippen molar-refractivity contribution in [2.24, 2.45) is 0 Å². The maximum absolute atomic E-state index is 12.0. The fraction of sp³-hybridized carbons (Fsp3) is 0.143. The third kappa shape index (κ3) is 3.49. The fourth-order valence-electron chi connectivity index (χ4n) is 1.63. The standard InChI is InChI=1S/C14H11N3O6/c1-3-4-16(2)14(21)9(7-15)12(19)8-5-10(17(22)23)13(20)11(18)6-8/h1,5-6,18-20H,4H2,2H3/b12-9-. The van der Waals surface area contributed by atoms with E-state index in [1.807, 2.05) is 0 Å². The highest BCUT2D eigenvalue weighted by Gasteiger charge is 2.24. The molecule has 0 fully saturated rings. The summed E-state index contributed by atoms with van der Waals surface area (Å²) in [5.74, 6) is -1.50. The van der Waals surface area contributed by atoms with E-state index in [2.05, 4.69) is 5.92 Å². The average Bonchev–Trinajstić information content (AvgIpc) is 2.50. The van der Waals surface area contributed by atoms with Gasteiger partial charge in [-0.15, -0.1) is 6.42 Å². The second-order valence-corrected chi connectivity index (χ2v) is 4.32. The molecule has 0 atom stereocenters. The van der Waals surface area contributed by atoms with E-state index in [9.17, 15) is 30.2 Å². The molecule has 0 aromatic heterocycles. The maximum atomic E-state index is 12.0. The Hall–Kier alpha value is -3.72. The van der Waals surface area contributed by atoms with Crippen LogP contribution >= 0.6 is 0 Å². The summed E-state index contributed by atoms with van der Waals surface area (Å²) in [6, 6.07) is 2.98. The molecule has 1 amide bonds. The zero-order chi connectivity index (χ0) is 17.7. The first-order valence-corrected chi connectivity index (χ1v) is 5.97. The molecule has 0 aliphatic rings. The predicted octanol–water partition coefficient (Wildman–Crippen LogP) is 0.890. The van der Waals surface area contributed by atoms with Gasteiger partial charge >= 0.3 is 5.69 Å². The molecule has 9 nitrogen and oxygen atoms in total. The molecule has 0 aliphatic carbocycles. The third-order valence-electron chi connectivity index (χ3n) is 2.78. The number of aliphatic hydroxyl groups excluding tert-OH is 1. The number of nitro benzene ring substituents is 1. The van der Waals surface area contributed by atoms with Crippen LogP contribution in [0.5, 0.6) is 11.5 Å². The SMILES string of the molecule is C#CCN(C)C(=O)/C(C#N)=C(\O)c1cc(O)c(O)c([N+](=O)[O-])c1. The smallest absolute Gasteiger partial charge is 0.315 e. The summed E-state index contributed by atoms with van der Waals surface area (Å²) in [4.78, 5) is 22.8. The third-order valence-corrected chi connectivity index (χ3v) is 2.78. The lowest BCUT2D eigenvalue weighted by Gasteiger charge is -2.14. The molecule has 1 aromatic rings. The summed E-state index contributed by atoms with van der Waals surface area (Å²) >= 11 is 0. The number of nitriles is 1. The number of terminal acetylenes is 1. The molecule has 0 saturated carbocycles. The zero-order valence-electron chi connectivity index (χ0n) is 11.8. The Labute approximate surface area is 130 Å². The van der Waals surface area contributed by atoms with Crippen molar-refractivity contribution in [1.82, 2.24) is 4.90 Å². The number of aliphatic hydroxyl groups is 1. The molecule has 0 heterocycles. The lowest BCUT2D eigenvalue weighted by atomic mass is 10.1. The van der Waals surface area contributed by atoms with E-state index in [1.54, 1.807) is 0 Å². The molecule has 0 saturated heterocycles. The molecule has 0 bridgehead atoms. The molecular formula is C14H11N3O6. The first-order valence-electron chi connectivity index (χ1n) is 5.97. The Kier molecular flexibility index (Phi) is 5.14. The van der Waals surface area contributed by atoms with E-state index in [-0.39, 0.29) is 12.1 Å². The normalized spacial score (nSPS) is 10.9. The van der Waals surface area contributed by atoms with Crippen LogP contribution in [0.15, 0.2) is 17.7 Å². The molecule has 0 spiro atoms. The van der Waals surface area contributed by atoms with Crippen LogP contribution in [-0.4, -0.2) is 44.6 Å². The largest absolute Gasteiger partial charge is 0.506 e. The number of carbonyl (C=O) groups is 1. The highest BCUT2D eigenvalue weighted by Crippen LogP contribution is 2.38. The monoisotopic (exact) mass is 317 g/mol. The minimum atomic E-state index is -0.999. The van der Waals surface area contributed by atoms with E-state index in [1.165, 1.54) is 13.1 Å². The fourth-order valence-corrected chi connectivity index (χ4v) is 1.63. The number of rotatable bonds is 4. The van der Waals surface area contributed by atoms with E-state index in [0.29, 0.717) is 0 Å². The lowest BCUT2D eigenvalue weighted by molar-refractivity contribution is -0.386. The van der Waals surface area contributed by atoms with Crippen molar-refractivity contribution in [3.63, 3.8) is 0 Å². The van der Waals surface area contributed by atoms with E-state index in [0.717, 1.165) is 17.0 Å². The van der Waals surface area contributed by atoms with Gasteiger partial charge in [0.25, 0.3) is 5.91 Å². The Morgan fingerprint density at radius 2 is 2.09 bits per heavy atom. The Morgan fingerprint density at radius 1 is 1.48 bits per heavy atom. The van der Waals surface area contributed by atoms with Crippen LogP contribution in [0, 0.1) is 33.8 Å². The summed E-state index contributed by atoms with van der Waals surface area (Å²) in [5, 5.41) is 48.7. The van der Waals surface area contributed by atoms with Crippen LogP contribution in [0.4, 0.5) is 5.69 Å². The molecule has 118 valence electrons. The van der Waals surface area contributed by atoms with Crippen molar-refractivity contribution in [3.8, 4) is 29.9 Å². The molecule has 9 heteroatoms. The van der Waals surface area contributed by atoms with E-state index < -0.39 is 39.3 Å². The number of nitro groups is 1. The highest BCUT2D eigenvalue weighted by atomic mass is 16.6. The summed E-state index contributed by atoms with van der Waals surface area (Å²) < 4.78 is 0. The van der Waals surface area contributed by atoms with Gasteiger partial charge in [0.2, 0.25) is 5.75 Å². The number of nitrogens with zero attached hydrogens (tertiary/aromatic N) is 3. The number of hydrogen-bond donors (Lipinski definition) is 3.